The molecule has 0 unspecified atom stereocenters. The SMILES string of the molecule is O=[N+]([O-])c1ccccc1C=Cc1nc2ccccc2nc1C=Cc1ccccc1[N+](=O)[O-]. The highest BCUT2D eigenvalue weighted by Crippen LogP contribution is 2.24. The van der Waals surface area contributed by atoms with Crippen molar-refractivity contribution < 1.29 is 9.85 Å². The lowest BCUT2D eigenvalue weighted by Crippen LogP contribution is -1.95. The molecular weight excluding hydrogens is 408 g/mol. The van der Waals surface area contributed by atoms with Crippen LogP contribution < -0.4 is 0 Å². The quantitative estimate of drug-likeness (QED) is 0.286. The van der Waals surface area contributed by atoms with Gasteiger partial charge in [-0.05, 0) is 48.6 Å². The Kier molecular flexibility index (Phi) is 5.76. The molecule has 0 radical (unpaired) electrons. The predicted molar refractivity (Wildman–Crippen MR) is 124 cm³/mol. The van der Waals surface area contributed by atoms with Crippen molar-refractivity contribution in [2.75, 3.05) is 0 Å². The van der Waals surface area contributed by atoms with Crippen molar-refractivity contribution in [1.29, 1.82) is 0 Å². The van der Waals surface area contributed by atoms with Crippen molar-refractivity contribution in [2.45, 2.75) is 0 Å². The Morgan fingerprint density at radius 3 is 1.34 bits per heavy atom. The summed E-state index contributed by atoms with van der Waals surface area (Å²) in [4.78, 5) is 31.0. The fourth-order valence-corrected chi connectivity index (χ4v) is 3.20. The van der Waals surface area contributed by atoms with Crippen LogP contribution >= 0.6 is 0 Å². The average molecular weight is 424 g/mol. The minimum atomic E-state index is -0.443. The zero-order valence-corrected chi connectivity index (χ0v) is 16.7. The zero-order valence-electron chi connectivity index (χ0n) is 16.7. The highest BCUT2D eigenvalue weighted by molar-refractivity contribution is 5.84. The summed E-state index contributed by atoms with van der Waals surface area (Å²) in [6, 6.07) is 20.1. The van der Waals surface area contributed by atoms with Crippen LogP contribution in [-0.2, 0) is 0 Å². The van der Waals surface area contributed by atoms with E-state index in [-0.39, 0.29) is 11.4 Å². The molecule has 156 valence electrons. The summed E-state index contributed by atoms with van der Waals surface area (Å²) in [6.45, 7) is 0. The Morgan fingerprint density at radius 1 is 0.562 bits per heavy atom. The number of hydrogen-bond acceptors (Lipinski definition) is 6. The fourth-order valence-electron chi connectivity index (χ4n) is 3.20. The van der Waals surface area contributed by atoms with Crippen LogP contribution in [0.1, 0.15) is 22.5 Å². The van der Waals surface area contributed by atoms with Crippen molar-refractivity contribution in [3.63, 3.8) is 0 Å². The Morgan fingerprint density at radius 2 is 0.938 bits per heavy atom. The average Bonchev–Trinajstić information content (AvgIpc) is 2.81. The first-order valence-corrected chi connectivity index (χ1v) is 9.63. The van der Waals surface area contributed by atoms with Crippen LogP contribution in [0.4, 0.5) is 11.4 Å². The molecule has 0 spiro atoms. The van der Waals surface area contributed by atoms with Crippen LogP contribution in [0.25, 0.3) is 35.3 Å². The molecule has 0 aliphatic carbocycles. The first-order valence-electron chi connectivity index (χ1n) is 9.63. The molecular formula is C24H16N4O4. The van der Waals surface area contributed by atoms with Gasteiger partial charge in [-0.3, -0.25) is 20.2 Å². The van der Waals surface area contributed by atoms with Crippen molar-refractivity contribution in [3.05, 3.63) is 116 Å². The van der Waals surface area contributed by atoms with Gasteiger partial charge in [-0.15, -0.1) is 0 Å². The molecule has 0 bridgehead atoms. The molecule has 0 fully saturated rings. The molecule has 1 heterocycles. The van der Waals surface area contributed by atoms with Crippen molar-refractivity contribution >= 4 is 46.7 Å². The van der Waals surface area contributed by atoms with E-state index in [4.69, 9.17) is 0 Å². The summed E-state index contributed by atoms with van der Waals surface area (Å²) in [5, 5.41) is 22.6. The minimum Gasteiger partial charge on any atom is -0.258 e. The summed E-state index contributed by atoms with van der Waals surface area (Å²) in [5.41, 5.74) is 3.12. The Balaban J connectivity index is 1.80. The van der Waals surface area contributed by atoms with Crippen LogP contribution in [0, 0.1) is 20.2 Å². The molecule has 4 rings (SSSR count). The molecule has 8 nitrogen and oxygen atoms in total. The molecule has 8 heteroatoms. The second-order valence-corrected chi connectivity index (χ2v) is 6.78. The third kappa shape index (κ3) is 4.39. The van der Waals surface area contributed by atoms with Gasteiger partial charge in [0.15, 0.2) is 0 Å². The maximum Gasteiger partial charge on any atom is 0.276 e. The lowest BCUT2D eigenvalue weighted by molar-refractivity contribution is -0.385. The van der Waals surface area contributed by atoms with Crippen molar-refractivity contribution in [1.82, 2.24) is 9.97 Å². The molecule has 3 aromatic carbocycles. The largest absolute Gasteiger partial charge is 0.276 e. The van der Waals surface area contributed by atoms with Crippen LogP contribution in [0.2, 0.25) is 0 Å². The van der Waals surface area contributed by atoms with Crippen molar-refractivity contribution in [3.8, 4) is 0 Å². The highest BCUT2D eigenvalue weighted by atomic mass is 16.6. The zero-order chi connectivity index (χ0) is 22.5. The fraction of sp³-hybridized carbons (Fsp3) is 0. The maximum absolute atomic E-state index is 11.3. The number of hydrogen-bond donors (Lipinski definition) is 0. The topological polar surface area (TPSA) is 112 Å². The number of fused-ring (bicyclic) bond motifs is 1. The van der Waals surface area contributed by atoms with E-state index in [0.29, 0.717) is 33.5 Å². The molecule has 0 aliphatic rings. The second-order valence-electron chi connectivity index (χ2n) is 6.78. The molecule has 0 saturated heterocycles. The van der Waals surface area contributed by atoms with Gasteiger partial charge in [-0.25, -0.2) is 9.97 Å². The minimum absolute atomic E-state index is 0.0190. The number of aromatic nitrogens is 2. The third-order valence-electron chi connectivity index (χ3n) is 4.73. The van der Waals surface area contributed by atoms with E-state index in [9.17, 15) is 20.2 Å². The van der Waals surface area contributed by atoms with Crippen molar-refractivity contribution in [2.24, 2.45) is 0 Å². The van der Waals surface area contributed by atoms with E-state index < -0.39 is 9.85 Å². The van der Waals surface area contributed by atoms with Gasteiger partial charge in [0.05, 0.1) is 43.4 Å². The third-order valence-corrected chi connectivity index (χ3v) is 4.73. The first-order chi connectivity index (χ1) is 15.5. The van der Waals surface area contributed by atoms with Crippen LogP contribution in [0.5, 0.6) is 0 Å². The summed E-state index contributed by atoms with van der Waals surface area (Å²) >= 11 is 0. The smallest absolute Gasteiger partial charge is 0.258 e. The monoisotopic (exact) mass is 424 g/mol. The van der Waals surface area contributed by atoms with E-state index in [2.05, 4.69) is 9.97 Å². The molecule has 0 aliphatic heterocycles. The number of nitrogens with zero attached hydrogens (tertiary/aromatic N) is 4. The van der Waals surface area contributed by atoms with Crippen LogP contribution in [-0.4, -0.2) is 19.8 Å². The van der Waals surface area contributed by atoms with Gasteiger partial charge in [0, 0.05) is 12.1 Å². The van der Waals surface area contributed by atoms with Gasteiger partial charge < -0.3 is 0 Å². The highest BCUT2D eigenvalue weighted by Gasteiger charge is 2.12. The van der Waals surface area contributed by atoms with Gasteiger partial charge in [0.2, 0.25) is 0 Å². The lowest BCUT2D eigenvalue weighted by Gasteiger charge is -2.04. The van der Waals surface area contributed by atoms with E-state index in [1.807, 2.05) is 24.3 Å². The summed E-state index contributed by atoms with van der Waals surface area (Å²) in [6.07, 6.45) is 6.53. The van der Waals surface area contributed by atoms with Crippen LogP contribution in [0.15, 0.2) is 72.8 Å². The van der Waals surface area contributed by atoms with Gasteiger partial charge in [0.1, 0.15) is 0 Å². The van der Waals surface area contributed by atoms with Gasteiger partial charge in [0.25, 0.3) is 11.4 Å². The summed E-state index contributed by atoms with van der Waals surface area (Å²) < 4.78 is 0. The molecule has 4 aromatic rings. The predicted octanol–water partition coefficient (Wildman–Crippen LogP) is 5.79. The number of nitro benzene ring substituents is 2. The number of rotatable bonds is 6. The Hall–Kier alpha value is -4.72. The number of benzene rings is 3. The summed E-state index contributed by atoms with van der Waals surface area (Å²) in [5.74, 6) is 0. The van der Waals surface area contributed by atoms with E-state index in [1.165, 1.54) is 12.1 Å². The first kappa shape index (κ1) is 20.5. The van der Waals surface area contributed by atoms with Gasteiger partial charge in [-0.1, -0.05) is 36.4 Å². The molecule has 0 N–H and O–H groups in total. The molecule has 0 amide bonds. The second kappa shape index (κ2) is 8.97. The Bertz CT molecular complexity index is 1290. The molecule has 0 saturated carbocycles. The van der Waals surface area contributed by atoms with E-state index in [1.54, 1.807) is 60.7 Å². The summed E-state index contributed by atoms with van der Waals surface area (Å²) in [7, 11) is 0. The Labute approximate surface area is 182 Å². The lowest BCUT2D eigenvalue weighted by atomic mass is 10.1. The van der Waals surface area contributed by atoms with E-state index >= 15 is 0 Å². The maximum atomic E-state index is 11.3. The van der Waals surface area contributed by atoms with Gasteiger partial charge >= 0.3 is 0 Å². The molecule has 1 aromatic heterocycles. The van der Waals surface area contributed by atoms with E-state index in [0.717, 1.165) is 0 Å². The normalized spacial score (nSPS) is 11.4. The number of nitro groups is 2. The molecule has 0 atom stereocenters. The standard InChI is InChI=1S/C24H16N4O4/c29-27(30)23-11-5-1-7-17(23)13-15-21-22(26-20-10-4-3-9-19(20)25-21)16-14-18-8-2-6-12-24(18)28(31)32/h1-16H. The van der Waals surface area contributed by atoms with Gasteiger partial charge in [-0.2, -0.15) is 0 Å². The molecule has 32 heavy (non-hydrogen) atoms. The van der Waals surface area contributed by atoms with Crippen LogP contribution in [0.3, 0.4) is 0 Å². The number of para-hydroxylation sites is 4.